The summed E-state index contributed by atoms with van der Waals surface area (Å²) < 4.78 is 27.5. The van der Waals surface area contributed by atoms with Gasteiger partial charge in [-0.3, -0.25) is 0 Å². The largest absolute Gasteiger partial charge is 0.417 e. The number of aryl methyl sites for hydroxylation is 1. The van der Waals surface area contributed by atoms with Crippen molar-refractivity contribution in [1.29, 1.82) is 0 Å². The number of aromatic nitrogens is 1. The number of nitrogens with zero attached hydrogens (tertiary/aromatic N) is 1. The number of nitrogen functional groups attached to an aromatic ring is 1. The van der Waals surface area contributed by atoms with Crippen LogP contribution in [0.15, 0.2) is 12.3 Å². The maximum absolute atomic E-state index is 11.7. The second kappa shape index (κ2) is 4.02. The Bertz CT molecular complexity index is 291. The first kappa shape index (κ1) is 9.70. The van der Waals surface area contributed by atoms with Crippen LogP contribution in [0.2, 0.25) is 0 Å². The molecular weight excluding hydrogens is 178 g/mol. The summed E-state index contributed by atoms with van der Waals surface area (Å²) >= 11 is 0. The Kier molecular flexibility index (Phi) is 3.00. The van der Waals surface area contributed by atoms with Crippen molar-refractivity contribution in [2.24, 2.45) is 0 Å². The number of alkyl halides is 2. The van der Waals surface area contributed by atoms with E-state index in [1.165, 1.54) is 12.3 Å². The van der Waals surface area contributed by atoms with Crippen LogP contribution in [0.3, 0.4) is 0 Å². The standard InChI is InChI=1S/C8H10F2N2O/c1-2-5-4-12-7(3-6(5)11)13-8(9)10/h3-4,8H,2H2,1H3,(H2,11,12). The average Bonchev–Trinajstić information content (AvgIpc) is 2.03. The highest BCUT2D eigenvalue weighted by molar-refractivity contribution is 5.47. The number of anilines is 1. The van der Waals surface area contributed by atoms with E-state index in [2.05, 4.69) is 9.72 Å². The van der Waals surface area contributed by atoms with Crippen LogP contribution in [-0.2, 0) is 6.42 Å². The quantitative estimate of drug-likeness (QED) is 0.787. The lowest BCUT2D eigenvalue weighted by Gasteiger charge is -2.06. The van der Waals surface area contributed by atoms with Crippen LogP contribution in [0.1, 0.15) is 12.5 Å². The summed E-state index contributed by atoms with van der Waals surface area (Å²) in [5.41, 5.74) is 6.79. The molecule has 1 aromatic heterocycles. The Labute approximate surface area is 74.5 Å². The molecule has 0 saturated carbocycles. The molecule has 0 atom stereocenters. The summed E-state index contributed by atoms with van der Waals surface area (Å²) in [4.78, 5) is 3.67. The lowest BCUT2D eigenvalue weighted by molar-refractivity contribution is -0.0528. The molecule has 0 aliphatic heterocycles. The number of hydrogen-bond acceptors (Lipinski definition) is 3. The van der Waals surface area contributed by atoms with Gasteiger partial charge in [-0.15, -0.1) is 0 Å². The SMILES string of the molecule is CCc1cnc(OC(F)F)cc1N. The van der Waals surface area contributed by atoms with Gasteiger partial charge in [0.25, 0.3) is 0 Å². The van der Waals surface area contributed by atoms with Gasteiger partial charge in [0, 0.05) is 18.0 Å². The van der Waals surface area contributed by atoms with Crippen LogP contribution in [0, 0.1) is 0 Å². The lowest BCUT2D eigenvalue weighted by atomic mass is 10.2. The molecule has 3 nitrogen and oxygen atoms in total. The van der Waals surface area contributed by atoms with Crippen molar-refractivity contribution < 1.29 is 13.5 Å². The molecule has 0 fully saturated rings. The molecule has 0 radical (unpaired) electrons. The van der Waals surface area contributed by atoms with Crippen LogP contribution in [0.4, 0.5) is 14.5 Å². The Morgan fingerprint density at radius 1 is 1.62 bits per heavy atom. The van der Waals surface area contributed by atoms with Gasteiger partial charge in [0.1, 0.15) is 0 Å². The summed E-state index contributed by atoms with van der Waals surface area (Å²) in [7, 11) is 0. The molecule has 0 aliphatic rings. The van der Waals surface area contributed by atoms with Crippen molar-refractivity contribution in [1.82, 2.24) is 4.98 Å². The Hall–Kier alpha value is -1.39. The maximum atomic E-state index is 11.7. The summed E-state index contributed by atoms with van der Waals surface area (Å²) in [6.45, 7) is -0.958. The third kappa shape index (κ3) is 2.54. The number of rotatable bonds is 3. The first-order chi connectivity index (χ1) is 6.13. The minimum atomic E-state index is -2.86. The minimum Gasteiger partial charge on any atom is -0.417 e. The van der Waals surface area contributed by atoms with Crippen LogP contribution in [0.25, 0.3) is 0 Å². The summed E-state index contributed by atoms with van der Waals surface area (Å²) in [6, 6.07) is 1.30. The van der Waals surface area contributed by atoms with Crippen LogP contribution in [-0.4, -0.2) is 11.6 Å². The molecule has 13 heavy (non-hydrogen) atoms. The van der Waals surface area contributed by atoms with Crippen molar-refractivity contribution in [3.05, 3.63) is 17.8 Å². The molecule has 0 spiro atoms. The number of pyridine rings is 1. The molecule has 1 aromatic rings. The molecular formula is C8H10F2N2O. The molecule has 1 rings (SSSR count). The van der Waals surface area contributed by atoms with Crippen molar-refractivity contribution in [2.45, 2.75) is 20.0 Å². The van der Waals surface area contributed by atoms with E-state index in [-0.39, 0.29) is 5.88 Å². The zero-order valence-electron chi connectivity index (χ0n) is 7.13. The molecule has 0 aromatic carbocycles. The van der Waals surface area contributed by atoms with Gasteiger partial charge >= 0.3 is 6.61 Å². The monoisotopic (exact) mass is 188 g/mol. The van der Waals surface area contributed by atoms with Gasteiger partial charge in [-0.25, -0.2) is 4.98 Å². The van der Waals surface area contributed by atoms with Crippen molar-refractivity contribution in [2.75, 3.05) is 5.73 Å². The summed E-state index contributed by atoms with van der Waals surface area (Å²) in [6.07, 6.45) is 2.15. The number of halogens is 2. The van der Waals surface area contributed by atoms with Gasteiger partial charge in [0.2, 0.25) is 5.88 Å². The number of nitrogens with two attached hydrogens (primary N) is 1. The highest BCUT2D eigenvalue weighted by atomic mass is 19.3. The first-order valence-electron chi connectivity index (χ1n) is 3.82. The van der Waals surface area contributed by atoms with E-state index in [4.69, 9.17) is 5.73 Å². The average molecular weight is 188 g/mol. The third-order valence-corrected chi connectivity index (χ3v) is 1.59. The van der Waals surface area contributed by atoms with Gasteiger partial charge in [-0.2, -0.15) is 8.78 Å². The fraction of sp³-hybridized carbons (Fsp3) is 0.375. The minimum absolute atomic E-state index is 0.148. The highest BCUT2D eigenvalue weighted by Crippen LogP contribution is 2.18. The van der Waals surface area contributed by atoms with Gasteiger partial charge in [0.15, 0.2) is 0 Å². The van der Waals surface area contributed by atoms with Crippen molar-refractivity contribution in [3.63, 3.8) is 0 Å². The Balaban J connectivity index is 2.83. The van der Waals surface area contributed by atoms with Gasteiger partial charge in [-0.1, -0.05) is 6.92 Å². The molecule has 1 heterocycles. The zero-order chi connectivity index (χ0) is 9.84. The predicted molar refractivity (Wildman–Crippen MR) is 44.7 cm³/mol. The van der Waals surface area contributed by atoms with Gasteiger partial charge in [-0.05, 0) is 12.0 Å². The molecule has 0 aliphatic carbocycles. The molecule has 2 N–H and O–H groups in total. The van der Waals surface area contributed by atoms with E-state index in [0.717, 1.165) is 5.56 Å². The zero-order valence-corrected chi connectivity index (χ0v) is 7.13. The van der Waals surface area contributed by atoms with Gasteiger partial charge < -0.3 is 10.5 Å². The number of ether oxygens (including phenoxy) is 1. The number of hydrogen-bond donors (Lipinski definition) is 1. The molecule has 0 unspecified atom stereocenters. The maximum Gasteiger partial charge on any atom is 0.388 e. The normalized spacial score (nSPS) is 10.5. The fourth-order valence-corrected chi connectivity index (χ4v) is 0.930. The highest BCUT2D eigenvalue weighted by Gasteiger charge is 2.06. The lowest BCUT2D eigenvalue weighted by Crippen LogP contribution is -2.05. The molecule has 72 valence electrons. The first-order valence-corrected chi connectivity index (χ1v) is 3.82. The van der Waals surface area contributed by atoms with Gasteiger partial charge in [0.05, 0.1) is 0 Å². The van der Waals surface area contributed by atoms with Crippen molar-refractivity contribution in [3.8, 4) is 5.88 Å². The van der Waals surface area contributed by atoms with E-state index in [1.807, 2.05) is 6.92 Å². The van der Waals surface area contributed by atoms with E-state index >= 15 is 0 Å². The second-order valence-electron chi connectivity index (χ2n) is 2.45. The smallest absolute Gasteiger partial charge is 0.388 e. The molecule has 5 heteroatoms. The van der Waals surface area contributed by atoms with E-state index in [9.17, 15) is 8.78 Å². The summed E-state index contributed by atoms with van der Waals surface area (Å²) in [5.74, 6) is -0.148. The Morgan fingerprint density at radius 3 is 2.77 bits per heavy atom. The molecule has 0 amide bonds. The van der Waals surface area contributed by atoms with Crippen LogP contribution >= 0.6 is 0 Å². The fourth-order valence-electron chi connectivity index (χ4n) is 0.930. The van der Waals surface area contributed by atoms with E-state index < -0.39 is 6.61 Å². The molecule has 0 saturated heterocycles. The summed E-state index contributed by atoms with van der Waals surface area (Å²) in [5, 5.41) is 0. The predicted octanol–water partition coefficient (Wildman–Crippen LogP) is 1.83. The topological polar surface area (TPSA) is 48.1 Å². The van der Waals surface area contributed by atoms with Crippen LogP contribution in [0.5, 0.6) is 5.88 Å². The van der Waals surface area contributed by atoms with Crippen LogP contribution < -0.4 is 10.5 Å². The van der Waals surface area contributed by atoms with E-state index in [1.54, 1.807) is 0 Å². The van der Waals surface area contributed by atoms with E-state index in [0.29, 0.717) is 12.1 Å². The third-order valence-electron chi connectivity index (χ3n) is 1.59. The Morgan fingerprint density at radius 2 is 2.31 bits per heavy atom. The van der Waals surface area contributed by atoms with Crippen molar-refractivity contribution >= 4 is 5.69 Å². The molecule has 0 bridgehead atoms. The second-order valence-corrected chi connectivity index (χ2v) is 2.45.